The minimum atomic E-state index is -0.655. The van der Waals surface area contributed by atoms with Crippen LogP contribution in [0, 0.1) is 5.92 Å². The summed E-state index contributed by atoms with van der Waals surface area (Å²) in [7, 11) is 0. The highest BCUT2D eigenvalue weighted by Gasteiger charge is 2.65. The SMILES string of the molecule is CC(C)[C@@H]1CO[C@@]23CCN(C(=O)c4ccc(Cl)o4)[C@@H]2CC(=O)N13. The Labute approximate surface area is 139 Å². The summed E-state index contributed by atoms with van der Waals surface area (Å²) in [5.41, 5.74) is -0.655. The molecule has 0 N–H and O–H groups in total. The second-order valence-electron chi connectivity index (χ2n) is 6.80. The van der Waals surface area contributed by atoms with Crippen molar-refractivity contribution in [2.24, 2.45) is 5.92 Å². The Bertz CT molecular complexity index is 673. The van der Waals surface area contributed by atoms with Gasteiger partial charge < -0.3 is 19.0 Å². The van der Waals surface area contributed by atoms with Gasteiger partial charge in [0.25, 0.3) is 5.91 Å². The summed E-state index contributed by atoms with van der Waals surface area (Å²) in [4.78, 5) is 28.8. The fourth-order valence-corrected chi connectivity index (χ4v) is 4.33. The molecule has 4 rings (SSSR count). The molecule has 0 saturated carbocycles. The first-order chi connectivity index (χ1) is 10.9. The maximum atomic E-state index is 12.7. The van der Waals surface area contributed by atoms with E-state index in [4.69, 9.17) is 20.8 Å². The van der Waals surface area contributed by atoms with Crippen LogP contribution in [0.5, 0.6) is 0 Å². The van der Waals surface area contributed by atoms with Gasteiger partial charge >= 0.3 is 0 Å². The van der Waals surface area contributed by atoms with Crippen molar-refractivity contribution in [2.75, 3.05) is 13.2 Å². The van der Waals surface area contributed by atoms with E-state index in [1.165, 1.54) is 0 Å². The molecule has 2 amide bonds. The molecule has 3 fully saturated rings. The zero-order valence-electron chi connectivity index (χ0n) is 13.1. The van der Waals surface area contributed by atoms with Crippen LogP contribution in [0.25, 0.3) is 0 Å². The molecule has 0 radical (unpaired) electrons. The van der Waals surface area contributed by atoms with Crippen molar-refractivity contribution in [1.29, 1.82) is 0 Å². The normalized spacial score (nSPS) is 32.8. The van der Waals surface area contributed by atoms with Crippen LogP contribution < -0.4 is 0 Å². The Morgan fingerprint density at radius 1 is 1.43 bits per heavy atom. The standard InChI is InChI=1S/C16H19ClN2O4/c1-9(2)10-8-22-16-5-6-18(12(16)7-14(20)19(10)16)15(21)11-3-4-13(17)23-11/h3-4,9-10,12H,5-8H2,1-2H3/t10-,12+,16-/m0/s1. The number of hydrogen-bond donors (Lipinski definition) is 0. The van der Waals surface area contributed by atoms with E-state index in [1.807, 2.05) is 4.90 Å². The smallest absolute Gasteiger partial charge is 0.290 e. The Morgan fingerprint density at radius 3 is 2.87 bits per heavy atom. The van der Waals surface area contributed by atoms with Crippen molar-refractivity contribution in [1.82, 2.24) is 9.80 Å². The van der Waals surface area contributed by atoms with E-state index in [-0.39, 0.29) is 34.9 Å². The van der Waals surface area contributed by atoms with Gasteiger partial charge in [-0.1, -0.05) is 13.8 Å². The summed E-state index contributed by atoms with van der Waals surface area (Å²) in [5, 5.41) is 0.184. The first-order valence-corrected chi connectivity index (χ1v) is 8.34. The van der Waals surface area contributed by atoms with E-state index >= 15 is 0 Å². The van der Waals surface area contributed by atoms with Crippen LogP contribution in [0.3, 0.4) is 0 Å². The fraction of sp³-hybridized carbons (Fsp3) is 0.625. The molecule has 6 nitrogen and oxygen atoms in total. The number of furan rings is 1. The molecule has 3 aliphatic heterocycles. The molecule has 7 heteroatoms. The number of ether oxygens (including phenoxy) is 1. The van der Waals surface area contributed by atoms with Crippen LogP contribution in [-0.2, 0) is 9.53 Å². The third-order valence-electron chi connectivity index (χ3n) is 5.30. The molecule has 23 heavy (non-hydrogen) atoms. The molecule has 1 aromatic rings. The maximum Gasteiger partial charge on any atom is 0.290 e. The van der Waals surface area contributed by atoms with Crippen LogP contribution in [0.1, 0.15) is 37.2 Å². The highest BCUT2D eigenvalue weighted by molar-refractivity contribution is 6.29. The molecule has 0 aliphatic carbocycles. The van der Waals surface area contributed by atoms with E-state index in [0.717, 1.165) is 0 Å². The molecule has 3 atom stereocenters. The zero-order valence-corrected chi connectivity index (χ0v) is 13.9. The maximum absolute atomic E-state index is 12.7. The van der Waals surface area contributed by atoms with Gasteiger partial charge in [-0.15, -0.1) is 0 Å². The third kappa shape index (κ3) is 1.97. The number of likely N-dealkylation sites (tertiary alicyclic amines) is 1. The Kier molecular flexibility index (Phi) is 3.25. The fourth-order valence-electron chi connectivity index (χ4n) is 4.18. The lowest BCUT2D eigenvalue weighted by molar-refractivity contribution is -0.139. The number of rotatable bonds is 2. The molecule has 124 valence electrons. The summed E-state index contributed by atoms with van der Waals surface area (Å²) in [5.74, 6) is 0.369. The van der Waals surface area contributed by atoms with Crippen LogP contribution >= 0.6 is 11.6 Å². The van der Waals surface area contributed by atoms with Gasteiger partial charge in [-0.25, -0.2) is 0 Å². The van der Waals surface area contributed by atoms with Crippen LogP contribution in [0.4, 0.5) is 0 Å². The summed E-state index contributed by atoms with van der Waals surface area (Å²) in [6.07, 6.45) is 0.955. The lowest BCUT2D eigenvalue weighted by Gasteiger charge is -2.34. The molecule has 4 heterocycles. The number of carbonyl (C=O) groups is 2. The quantitative estimate of drug-likeness (QED) is 0.828. The number of amides is 2. The van der Waals surface area contributed by atoms with Gasteiger partial charge in [0.05, 0.1) is 25.1 Å². The molecular weight excluding hydrogens is 320 g/mol. The van der Waals surface area contributed by atoms with Crippen molar-refractivity contribution in [3.63, 3.8) is 0 Å². The lowest BCUT2D eigenvalue weighted by Crippen LogP contribution is -2.51. The number of hydrogen-bond acceptors (Lipinski definition) is 4. The zero-order chi connectivity index (χ0) is 16.4. The molecule has 3 aliphatic rings. The van der Waals surface area contributed by atoms with Crippen LogP contribution in [0.15, 0.2) is 16.5 Å². The third-order valence-corrected chi connectivity index (χ3v) is 5.51. The largest absolute Gasteiger partial charge is 0.440 e. The molecule has 1 spiro atoms. The second-order valence-corrected chi connectivity index (χ2v) is 7.18. The molecule has 0 bridgehead atoms. The summed E-state index contributed by atoms with van der Waals surface area (Å²) >= 11 is 5.76. The van der Waals surface area contributed by atoms with E-state index in [0.29, 0.717) is 31.9 Å². The minimum absolute atomic E-state index is 0.0705. The summed E-state index contributed by atoms with van der Waals surface area (Å²) in [6, 6.07) is 2.94. The Morgan fingerprint density at radius 2 is 2.22 bits per heavy atom. The summed E-state index contributed by atoms with van der Waals surface area (Å²) in [6.45, 7) is 5.28. The van der Waals surface area contributed by atoms with Crippen molar-refractivity contribution < 1.29 is 18.7 Å². The average Bonchev–Trinajstić information content (AvgIpc) is 3.21. The van der Waals surface area contributed by atoms with E-state index in [9.17, 15) is 9.59 Å². The molecule has 0 aromatic carbocycles. The predicted molar refractivity (Wildman–Crippen MR) is 81.9 cm³/mol. The highest BCUT2D eigenvalue weighted by Crippen LogP contribution is 2.49. The van der Waals surface area contributed by atoms with Gasteiger partial charge in [-0.2, -0.15) is 0 Å². The minimum Gasteiger partial charge on any atom is -0.440 e. The summed E-state index contributed by atoms with van der Waals surface area (Å²) < 4.78 is 11.3. The van der Waals surface area contributed by atoms with Crippen LogP contribution in [0.2, 0.25) is 5.22 Å². The van der Waals surface area contributed by atoms with Crippen molar-refractivity contribution in [3.8, 4) is 0 Å². The molecule has 1 aromatic heterocycles. The Hall–Kier alpha value is -1.53. The van der Waals surface area contributed by atoms with Gasteiger partial charge in [-0.05, 0) is 29.7 Å². The van der Waals surface area contributed by atoms with Crippen LogP contribution in [-0.4, -0.2) is 52.6 Å². The molecule has 3 saturated heterocycles. The first kappa shape index (κ1) is 15.0. The van der Waals surface area contributed by atoms with Crippen molar-refractivity contribution in [3.05, 3.63) is 23.1 Å². The van der Waals surface area contributed by atoms with Gasteiger partial charge in [0, 0.05) is 13.0 Å². The second kappa shape index (κ2) is 4.98. The monoisotopic (exact) mass is 338 g/mol. The van der Waals surface area contributed by atoms with Gasteiger partial charge in [0.2, 0.25) is 5.91 Å². The predicted octanol–water partition coefficient (Wildman–Crippen LogP) is 2.13. The van der Waals surface area contributed by atoms with E-state index in [1.54, 1.807) is 17.0 Å². The number of halogens is 1. The molecule has 0 unspecified atom stereocenters. The van der Waals surface area contributed by atoms with E-state index in [2.05, 4.69) is 13.8 Å². The average molecular weight is 339 g/mol. The van der Waals surface area contributed by atoms with Gasteiger partial charge in [0.15, 0.2) is 16.7 Å². The van der Waals surface area contributed by atoms with Gasteiger partial charge in [0.1, 0.15) is 0 Å². The van der Waals surface area contributed by atoms with Gasteiger partial charge in [-0.3, -0.25) is 9.59 Å². The highest BCUT2D eigenvalue weighted by atomic mass is 35.5. The number of nitrogens with zero attached hydrogens (tertiary/aromatic N) is 2. The topological polar surface area (TPSA) is 63.0 Å². The lowest BCUT2D eigenvalue weighted by atomic mass is 10.0. The van der Waals surface area contributed by atoms with E-state index < -0.39 is 5.72 Å². The van der Waals surface area contributed by atoms with Crippen molar-refractivity contribution in [2.45, 2.75) is 44.5 Å². The Balaban J connectivity index is 1.64. The van der Waals surface area contributed by atoms with Crippen molar-refractivity contribution >= 4 is 23.4 Å². The first-order valence-electron chi connectivity index (χ1n) is 7.96. The number of carbonyl (C=O) groups excluding carboxylic acids is 2. The molecular formula is C16H19ClN2O4.